The van der Waals surface area contributed by atoms with Gasteiger partial charge < -0.3 is 24.4 Å². The maximum Gasteiger partial charge on any atom is 0.306 e. The van der Waals surface area contributed by atoms with Crippen LogP contribution in [0, 0.1) is 0 Å². The van der Waals surface area contributed by atoms with Crippen molar-refractivity contribution in [1.82, 2.24) is 0 Å². The molecule has 8 nitrogen and oxygen atoms in total. The number of aliphatic hydroxyl groups is 2. The first kappa shape index (κ1) is 60.8. The zero-order valence-corrected chi connectivity index (χ0v) is 41.6. The van der Waals surface area contributed by atoms with E-state index in [0.29, 0.717) is 12.8 Å². The van der Waals surface area contributed by atoms with Gasteiger partial charge >= 0.3 is 17.9 Å². The second-order valence-corrected chi connectivity index (χ2v) is 18.5. The maximum absolute atomic E-state index is 12.8. The van der Waals surface area contributed by atoms with Crippen LogP contribution in [0.5, 0.6) is 0 Å². The molecule has 0 aromatic carbocycles. The predicted octanol–water partition coefficient (Wildman–Crippen LogP) is 15.5. The van der Waals surface area contributed by atoms with Crippen LogP contribution in [-0.4, -0.2) is 59.6 Å². The van der Waals surface area contributed by atoms with Crippen LogP contribution in [0.25, 0.3) is 0 Å². The summed E-state index contributed by atoms with van der Waals surface area (Å²) in [6, 6.07) is 0. The minimum absolute atomic E-state index is 0.105. The molecule has 0 aliphatic rings. The minimum atomic E-state index is -0.811. The second kappa shape index (κ2) is 49.2. The normalized spacial score (nSPS) is 13.2. The summed E-state index contributed by atoms with van der Waals surface area (Å²) in [6.45, 7) is 6.44. The van der Waals surface area contributed by atoms with Crippen LogP contribution in [0.15, 0.2) is 24.3 Å². The molecule has 63 heavy (non-hydrogen) atoms. The number of rotatable bonds is 49. The monoisotopic (exact) mass is 891 g/mol. The van der Waals surface area contributed by atoms with Crippen LogP contribution in [0.1, 0.15) is 278 Å². The van der Waals surface area contributed by atoms with Crippen molar-refractivity contribution < 1.29 is 38.8 Å². The molecule has 0 unspecified atom stereocenters. The van der Waals surface area contributed by atoms with E-state index in [2.05, 4.69) is 45.1 Å². The van der Waals surface area contributed by atoms with E-state index in [1.54, 1.807) is 0 Å². The summed E-state index contributed by atoms with van der Waals surface area (Å²) in [7, 11) is 0. The van der Waals surface area contributed by atoms with Crippen LogP contribution in [0.2, 0.25) is 0 Å². The van der Waals surface area contributed by atoms with Crippen molar-refractivity contribution in [3.05, 3.63) is 24.3 Å². The van der Waals surface area contributed by atoms with Crippen molar-refractivity contribution in [2.24, 2.45) is 0 Å². The highest BCUT2D eigenvalue weighted by Gasteiger charge is 2.19. The number of carbonyl (C=O) groups is 3. The highest BCUT2D eigenvalue weighted by Crippen LogP contribution is 2.16. The van der Waals surface area contributed by atoms with Crippen molar-refractivity contribution in [2.75, 3.05) is 13.2 Å². The maximum atomic E-state index is 12.8. The van der Waals surface area contributed by atoms with Crippen molar-refractivity contribution in [3.63, 3.8) is 0 Å². The van der Waals surface area contributed by atoms with Gasteiger partial charge in [-0.2, -0.15) is 0 Å². The number of esters is 3. The van der Waals surface area contributed by atoms with Gasteiger partial charge in [-0.15, -0.1) is 0 Å². The molecule has 0 fully saturated rings. The van der Waals surface area contributed by atoms with E-state index in [1.165, 1.54) is 103 Å². The Hall–Kier alpha value is -2.19. The van der Waals surface area contributed by atoms with Gasteiger partial charge in [0.1, 0.15) is 13.2 Å². The van der Waals surface area contributed by atoms with Crippen LogP contribution in [0.3, 0.4) is 0 Å². The molecular weight excluding hydrogens is 789 g/mol. The Morgan fingerprint density at radius 1 is 0.381 bits per heavy atom. The molecule has 3 atom stereocenters. The highest BCUT2D eigenvalue weighted by atomic mass is 16.6. The number of unbranched alkanes of at least 4 members (excludes halogenated alkanes) is 28. The Morgan fingerprint density at radius 3 is 1.05 bits per heavy atom. The fourth-order valence-corrected chi connectivity index (χ4v) is 7.88. The van der Waals surface area contributed by atoms with Gasteiger partial charge in [-0.1, -0.05) is 212 Å². The molecule has 0 heterocycles. The van der Waals surface area contributed by atoms with Gasteiger partial charge in [0.2, 0.25) is 0 Å². The summed E-state index contributed by atoms with van der Waals surface area (Å²) in [6.07, 6.45) is 49.0. The molecule has 370 valence electrons. The summed E-state index contributed by atoms with van der Waals surface area (Å²) in [5, 5.41) is 20.2. The molecule has 0 saturated carbocycles. The third kappa shape index (κ3) is 47.6. The van der Waals surface area contributed by atoms with Gasteiger partial charge in [0.15, 0.2) is 6.10 Å². The van der Waals surface area contributed by atoms with Gasteiger partial charge in [0.25, 0.3) is 0 Å². The summed E-state index contributed by atoms with van der Waals surface area (Å²) in [5.41, 5.74) is 0. The molecular formula is C55H102O8. The highest BCUT2D eigenvalue weighted by molar-refractivity contribution is 5.71. The Kier molecular flexibility index (Phi) is 47.5. The molecule has 0 amide bonds. The van der Waals surface area contributed by atoms with E-state index in [-0.39, 0.29) is 49.8 Å². The fourth-order valence-electron chi connectivity index (χ4n) is 7.88. The molecule has 0 radical (unpaired) electrons. The lowest BCUT2D eigenvalue weighted by atomic mass is 10.0. The molecule has 8 heteroatoms. The summed E-state index contributed by atoms with van der Waals surface area (Å²) in [5.74, 6) is -0.975. The Morgan fingerprint density at radius 2 is 0.683 bits per heavy atom. The Balaban J connectivity index is 4.45. The van der Waals surface area contributed by atoms with E-state index >= 15 is 0 Å². The summed E-state index contributed by atoms with van der Waals surface area (Å²) >= 11 is 0. The zero-order chi connectivity index (χ0) is 46.1. The second-order valence-electron chi connectivity index (χ2n) is 18.5. The third-order valence-electron chi connectivity index (χ3n) is 12.1. The first-order chi connectivity index (χ1) is 30.8. The summed E-state index contributed by atoms with van der Waals surface area (Å²) in [4.78, 5) is 38.0. The van der Waals surface area contributed by atoms with Gasteiger partial charge in [0.05, 0.1) is 12.2 Å². The number of aliphatic hydroxyl groups excluding tert-OH is 2. The topological polar surface area (TPSA) is 119 Å². The van der Waals surface area contributed by atoms with Gasteiger partial charge in [0, 0.05) is 19.3 Å². The van der Waals surface area contributed by atoms with Crippen molar-refractivity contribution in [3.8, 4) is 0 Å². The largest absolute Gasteiger partial charge is 0.462 e. The SMILES string of the molecule is CCCCCCCCCCCCCCCC(=O)OC[C@H](COC(=O)CCCCCCC/C=C\C[C@@H](O)CCCCCC)OC(=O)CCCCCCC/C=C\C[C@@H](O)CCCCCC. The third-order valence-corrected chi connectivity index (χ3v) is 12.1. The Labute approximate surface area is 388 Å². The smallest absolute Gasteiger partial charge is 0.306 e. The lowest BCUT2D eigenvalue weighted by molar-refractivity contribution is -0.167. The van der Waals surface area contributed by atoms with Crippen LogP contribution in [-0.2, 0) is 28.6 Å². The molecule has 0 aliphatic carbocycles. The van der Waals surface area contributed by atoms with E-state index in [0.717, 1.165) is 135 Å². The number of allylic oxidation sites excluding steroid dienone is 2. The van der Waals surface area contributed by atoms with Gasteiger partial charge in [-0.3, -0.25) is 14.4 Å². The summed E-state index contributed by atoms with van der Waals surface area (Å²) < 4.78 is 16.8. The van der Waals surface area contributed by atoms with E-state index < -0.39 is 6.10 Å². The molecule has 0 saturated heterocycles. The number of hydrogen-bond acceptors (Lipinski definition) is 8. The number of carbonyl (C=O) groups excluding carboxylic acids is 3. The average Bonchev–Trinajstić information content (AvgIpc) is 3.27. The lowest BCUT2D eigenvalue weighted by Gasteiger charge is -2.18. The predicted molar refractivity (Wildman–Crippen MR) is 264 cm³/mol. The van der Waals surface area contributed by atoms with Crippen molar-refractivity contribution in [2.45, 2.75) is 296 Å². The van der Waals surface area contributed by atoms with Gasteiger partial charge in [-0.25, -0.2) is 0 Å². The molecule has 2 N–H and O–H groups in total. The van der Waals surface area contributed by atoms with E-state index in [1.807, 2.05) is 0 Å². The van der Waals surface area contributed by atoms with Crippen molar-refractivity contribution in [1.29, 1.82) is 0 Å². The van der Waals surface area contributed by atoms with E-state index in [9.17, 15) is 24.6 Å². The fraction of sp³-hybridized carbons (Fsp3) is 0.873. The molecule has 0 rings (SSSR count). The van der Waals surface area contributed by atoms with Crippen LogP contribution < -0.4 is 0 Å². The van der Waals surface area contributed by atoms with Gasteiger partial charge in [-0.05, 0) is 70.6 Å². The number of ether oxygens (including phenoxy) is 3. The number of hydrogen-bond donors (Lipinski definition) is 2. The lowest BCUT2D eigenvalue weighted by Crippen LogP contribution is -2.30. The van der Waals surface area contributed by atoms with Crippen molar-refractivity contribution >= 4 is 17.9 Å². The van der Waals surface area contributed by atoms with E-state index in [4.69, 9.17) is 14.2 Å². The standard InChI is InChI=1S/C55H102O8/c1-4-7-10-13-14-15-16-17-18-19-26-31-38-45-53(58)61-48-52(63-55(60)47-40-33-28-23-21-25-30-37-44-51(57)42-35-12-9-6-3)49-62-54(59)46-39-32-27-22-20-24-29-36-43-50(56)41-34-11-8-5-2/h29-30,36-37,50-52,56-57H,4-28,31-35,38-49H2,1-3H3/b36-29-,37-30-/t50-,51-,52+/m0/s1. The molecule has 0 aliphatic heterocycles. The first-order valence-electron chi connectivity index (χ1n) is 27.0. The Bertz CT molecular complexity index is 1060. The molecule has 0 bridgehead atoms. The quantitative estimate of drug-likeness (QED) is 0.0268. The zero-order valence-electron chi connectivity index (χ0n) is 41.6. The minimum Gasteiger partial charge on any atom is -0.462 e. The molecule has 0 aromatic heterocycles. The van der Waals surface area contributed by atoms with Crippen LogP contribution >= 0.6 is 0 Å². The molecule has 0 aromatic rings. The first-order valence-corrected chi connectivity index (χ1v) is 27.0. The average molecular weight is 891 g/mol. The molecule has 0 spiro atoms. The van der Waals surface area contributed by atoms with Crippen LogP contribution in [0.4, 0.5) is 0 Å².